The highest BCUT2D eigenvalue weighted by Gasteiger charge is 2.28. The molecule has 1 N–H and O–H groups in total. The molecule has 1 aliphatic rings. The third-order valence-electron chi connectivity index (χ3n) is 2.34. The number of nitrogens with zero attached hydrogens (tertiary/aromatic N) is 1. The Kier molecular flexibility index (Phi) is 4.65. The summed E-state index contributed by atoms with van der Waals surface area (Å²) in [6.45, 7) is 2.84. The van der Waals surface area contributed by atoms with Gasteiger partial charge in [0.25, 0.3) is 0 Å². The van der Waals surface area contributed by atoms with Gasteiger partial charge in [0.15, 0.2) is 0 Å². The van der Waals surface area contributed by atoms with Crippen molar-refractivity contribution in [3.8, 4) is 0 Å². The maximum Gasteiger partial charge on any atom is 0.224 e. The van der Waals surface area contributed by atoms with E-state index in [1.165, 1.54) is 0 Å². The molecule has 4 nitrogen and oxygen atoms in total. The molecule has 0 saturated carbocycles. The summed E-state index contributed by atoms with van der Waals surface area (Å²) in [5.74, 6) is 0.376. The van der Waals surface area contributed by atoms with Crippen molar-refractivity contribution in [1.29, 1.82) is 0 Å². The Morgan fingerprint density at radius 1 is 1.71 bits per heavy atom. The van der Waals surface area contributed by atoms with Crippen LogP contribution >= 0.6 is 11.6 Å². The quantitative estimate of drug-likeness (QED) is 0.694. The molecule has 1 saturated heterocycles. The topological polar surface area (TPSA) is 49.8 Å². The number of aliphatic hydroxyl groups is 1. The monoisotopic (exact) mass is 221 g/mol. The van der Waals surface area contributed by atoms with Gasteiger partial charge in [-0.1, -0.05) is 0 Å². The van der Waals surface area contributed by atoms with Crippen molar-refractivity contribution >= 4 is 17.5 Å². The summed E-state index contributed by atoms with van der Waals surface area (Å²) in [6, 6.07) is 0.0773. The summed E-state index contributed by atoms with van der Waals surface area (Å²) in [5, 5.41) is 8.92. The highest BCUT2D eigenvalue weighted by atomic mass is 35.5. The molecule has 1 heterocycles. The number of hydrogen-bond acceptors (Lipinski definition) is 3. The van der Waals surface area contributed by atoms with Gasteiger partial charge in [0.2, 0.25) is 5.91 Å². The van der Waals surface area contributed by atoms with Crippen LogP contribution in [-0.2, 0) is 9.53 Å². The first-order valence-electron chi connectivity index (χ1n) is 4.77. The van der Waals surface area contributed by atoms with Gasteiger partial charge >= 0.3 is 0 Å². The molecule has 0 spiro atoms. The average Bonchev–Trinajstić information content (AvgIpc) is 2.19. The molecule has 0 aliphatic carbocycles. The predicted molar refractivity (Wildman–Crippen MR) is 53.3 cm³/mol. The minimum Gasteiger partial charge on any atom is -0.394 e. The molecule has 82 valence electrons. The fourth-order valence-corrected chi connectivity index (χ4v) is 1.66. The summed E-state index contributed by atoms with van der Waals surface area (Å²) in [4.78, 5) is 13.3. The first-order valence-corrected chi connectivity index (χ1v) is 5.30. The molecule has 2 unspecified atom stereocenters. The molecular formula is C9H16ClNO3. The first-order chi connectivity index (χ1) is 6.69. The van der Waals surface area contributed by atoms with Crippen molar-refractivity contribution in [2.24, 2.45) is 0 Å². The molecule has 1 rings (SSSR count). The van der Waals surface area contributed by atoms with Gasteiger partial charge in [0.1, 0.15) is 0 Å². The summed E-state index contributed by atoms with van der Waals surface area (Å²) in [7, 11) is 0. The van der Waals surface area contributed by atoms with E-state index in [2.05, 4.69) is 0 Å². The van der Waals surface area contributed by atoms with E-state index in [4.69, 9.17) is 21.4 Å². The minimum absolute atomic E-state index is 0.0363. The normalized spacial score (nSPS) is 27.8. The SMILES string of the molecule is CC1COC(CO)CN1C(=O)CCCl. The smallest absolute Gasteiger partial charge is 0.224 e. The lowest BCUT2D eigenvalue weighted by Crippen LogP contribution is -2.52. The number of carbonyl (C=O) groups excluding carboxylic acids is 1. The van der Waals surface area contributed by atoms with Crippen LogP contribution in [0.1, 0.15) is 13.3 Å². The number of ether oxygens (including phenoxy) is 1. The Balaban J connectivity index is 2.51. The third kappa shape index (κ3) is 2.83. The lowest BCUT2D eigenvalue weighted by molar-refractivity contribution is -0.145. The van der Waals surface area contributed by atoms with Crippen LogP contribution in [0.3, 0.4) is 0 Å². The highest BCUT2D eigenvalue weighted by Crippen LogP contribution is 2.12. The van der Waals surface area contributed by atoms with E-state index in [9.17, 15) is 4.79 Å². The third-order valence-corrected chi connectivity index (χ3v) is 2.53. The van der Waals surface area contributed by atoms with E-state index in [0.29, 0.717) is 25.5 Å². The van der Waals surface area contributed by atoms with Crippen molar-refractivity contribution in [2.75, 3.05) is 25.6 Å². The Morgan fingerprint density at radius 2 is 2.43 bits per heavy atom. The van der Waals surface area contributed by atoms with E-state index >= 15 is 0 Å². The zero-order chi connectivity index (χ0) is 10.6. The van der Waals surface area contributed by atoms with Crippen molar-refractivity contribution in [3.05, 3.63) is 0 Å². The van der Waals surface area contributed by atoms with Gasteiger partial charge in [-0.05, 0) is 6.92 Å². The van der Waals surface area contributed by atoms with Gasteiger partial charge in [0, 0.05) is 18.8 Å². The summed E-state index contributed by atoms with van der Waals surface area (Å²) in [6.07, 6.45) is 0.106. The van der Waals surface area contributed by atoms with Crippen LogP contribution < -0.4 is 0 Å². The van der Waals surface area contributed by atoms with Gasteiger partial charge < -0.3 is 14.7 Å². The Morgan fingerprint density at radius 3 is 3.00 bits per heavy atom. The second-order valence-electron chi connectivity index (χ2n) is 3.47. The van der Waals surface area contributed by atoms with Gasteiger partial charge in [-0.15, -0.1) is 11.6 Å². The van der Waals surface area contributed by atoms with Gasteiger partial charge in [-0.25, -0.2) is 0 Å². The largest absolute Gasteiger partial charge is 0.394 e. The van der Waals surface area contributed by atoms with Gasteiger partial charge in [0.05, 0.1) is 25.4 Å². The number of alkyl halides is 1. The first kappa shape index (κ1) is 11.8. The zero-order valence-electron chi connectivity index (χ0n) is 8.28. The van der Waals surface area contributed by atoms with Crippen LogP contribution in [-0.4, -0.2) is 53.7 Å². The van der Waals surface area contributed by atoms with E-state index in [1.54, 1.807) is 4.90 Å². The molecule has 0 bridgehead atoms. The second-order valence-corrected chi connectivity index (χ2v) is 3.85. The Labute approximate surface area is 88.8 Å². The number of hydrogen-bond donors (Lipinski definition) is 1. The van der Waals surface area contributed by atoms with Crippen molar-refractivity contribution in [2.45, 2.75) is 25.5 Å². The Hall–Kier alpha value is -0.320. The summed E-state index contributed by atoms with van der Waals surface area (Å²) >= 11 is 5.51. The predicted octanol–water partition coefficient (Wildman–Crippen LogP) is 0.223. The van der Waals surface area contributed by atoms with Gasteiger partial charge in [-0.2, -0.15) is 0 Å². The van der Waals surface area contributed by atoms with E-state index in [1.807, 2.05) is 6.92 Å². The number of morpholine rings is 1. The average molecular weight is 222 g/mol. The maximum absolute atomic E-state index is 11.6. The second kappa shape index (κ2) is 5.53. The van der Waals surface area contributed by atoms with E-state index in [0.717, 1.165) is 0 Å². The van der Waals surface area contributed by atoms with Crippen LogP contribution in [0.4, 0.5) is 0 Å². The number of aliphatic hydroxyl groups excluding tert-OH is 1. The number of rotatable bonds is 3. The molecule has 1 aliphatic heterocycles. The maximum atomic E-state index is 11.6. The lowest BCUT2D eigenvalue weighted by Gasteiger charge is -2.37. The fraction of sp³-hybridized carbons (Fsp3) is 0.889. The molecule has 0 aromatic carbocycles. The fourth-order valence-electron chi connectivity index (χ4n) is 1.50. The van der Waals surface area contributed by atoms with Crippen molar-refractivity contribution in [3.63, 3.8) is 0 Å². The highest BCUT2D eigenvalue weighted by molar-refractivity contribution is 6.18. The molecule has 1 amide bonds. The van der Waals surface area contributed by atoms with Crippen LogP contribution in [0.25, 0.3) is 0 Å². The molecule has 1 fully saturated rings. The standard InChI is InChI=1S/C9H16ClNO3/c1-7-6-14-8(5-12)4-11(7)9(13)2-3-10/h7-8,12H,2-6H2,1H3. The van der Waals surface area contributed by atoms with Crippen molar-refractivity contribution in [1.82, 2.24) is 4.90 Å². The van der Waals surface area contributed by atoms with E-state index in [-0.39, 0.29) is 24.7 Å². The molecular weight excluding hydrogens is 206 g/mol. The molecule has 0 aromatic heterocycles. The number of amides is 1. The number of halogens is 1. The number of carbonyl (C=O) groups is 1. The van der Waals surface area contributed by atoms with Crippen molar-refractivity contribution < 1.29 is 14.6 Å². The summed E-state index contributed by atoms with van der Waals surface area (Å²) < 4.78 is 5.32. The van der Waals surface area contributed by atoms with Crippen LogP contribution in [0, 0.1) is 0 Å². The van der Waals surface area contributed by atoms with Gasteiger partial charge in [-0.3, -0.25) is 4.79 Å². The molecule has 14 heavy (non-hydrogen) atoms. The summed E-state index contributed by atoms with van der Waals surface area (Å²) in [5.41, 5.74) is 0. The van der Waals surface area contributed by atoms with Crippen LogP contribution in [0.5, 0.6) is 0 Å². The molecule has 0 aromatic rings. The molecule has 2 atom stereocenters. The molecule has 0 radical (unpaired) electrons. The van der Waals surface area contributed by atoms with Crippen LogP contribution in [0.15, 0.2) is 0 Å². The minimum atomic E-state index is -0.245. The lowest BCUT2D eigenvalue weighted by atomic mass is 10.2. The Bertz CT molecular complexity index is 200. The molecule has 5 heteroatoms. The zero-order valence-corrected chi connectivity index (χ0v) is 9.04. The van der Waals surface area contributed by atoms with E-state index < -0.39 is 0 Å². The van der Waals surface area contributed by atoms with Crippen LogP contribution in [0.2, 0.25) is 0 Å².